The zero-order valence-corrected chi connectivity index (χ0v) is 12.1. The van der Waals surface area contributed by atoms with Gasteiger partial charge in [0.15, 0.2) is 0 Å². The van der Waals surface area contributed by atoms with Gasteiger partial charge in [-0.2, -0.15) is 0 Å². The summed E-state index contributed by atoms with van der Waals surface area (Å²) in [4.78, 5) is 13.9. The number of ether oxygens (including phenoxy) is 1. The van der Waals surface area contributed by atoms with Crippen LogP contribution in [0.3, 0.4) is 0 Å². The minimum atomic E-state index is -0.621. The lowest BCUT2D eigenvalue weighted by molar-refractivity contribution is -0.150. The number of nitrogens with zero attached hydrogens (tertiary/aromatic N) is 1. The van der Waals surface area contributed by atoms with Crippen LogP contribution in [0.15, 0.2) is 0 Å². The summed E-state index contributed by atoms with van der Waals surface area (Å²) in [6, 6.07) is 0. The number of rotatable bonds is 7. The predicted molar refractivity (Wildman–Crippen MR) is 74.3 cm³/mol. The number of carbonyl (C=O) groups is 1. The second-order valence-corrected chi connectivity index (χ2v) is 5.95. The molecular weight excluding hydrogens is 242 g/mol. The van der Waals surface area contributed by atoms with Crippen LogP contribution in [0.1, 0.15) is 58.3 Å². The Morgan fingerprint density at radius 2 is 2.32 bits per heavy atom. The summed E-state index contributed by atoms with van der Waals surface area (Å²) in [5.41, 5.74) is -0.578. The third kappa shape index (κ3) is 3.29. The molecule has 2 atom stereocenters. The standard InChI is InChI=1S/C15H27NO3/c1-2-8-15(14(17)18)9-5-11-16(15)10-3-6-13-7-4-12-19-13/h13H,2-12H2,1H3,(H,17,18). The predicted octanol–water partition coefficient (Wildman–Crippen LogP) is 2.66. The molecule has 0 saturated carbocycles. The van der Waals surface area contributed by atoms with Crippen molar-refractivity contribution in [2.75, 3.05) is 19.7 Å². The zero-order valence-electron chi connectivity index (χ0n) is 12.1. The number of hydrogen-bond acceptors (Lipinski definition) is 3. The van der Waals surface area contributed by atoms with Crippen molar-refractivity contribution in [1.29, 1.82) is 0 Å². The maximum atomic E-state index is 11.7. The van der Waals surface area contributed by atoms with E-state index in [1.807, 2.05) is 0 Å². The molecule has 0 aromatic carbocycles. The van der Waals surface area contributed by atoms with Gasteiger partial charge in [0.2, 0.25) is 0 Å². The summed E-state index contributed by atoms with van der Waals surface area (Å²) in [5.74, 6) is -0.621. The van der Waals surface area contributed by atoms with E-state index < -0.39 is 11.5 Å². The van der Waals surface area contributed by atoms with E-state index in [9.17, 15) is 9.90 Å². The third-order valence-electron chi connectivity index (χ3n) is 4.66. The molecule has 4 heteroatoms. The molecule has 110 valence electrons. The van der Waals surface area contributed by atoms with Crippen LogP contribution in [0.4, 0.5) is 0 Å². The zero-order chi connectivity index (χ0) is 13.7. The Bertz CT molecular complexity index is 302. The molecule has 0 radical (unpaired) electrons. The van der Waals surface area contributed by atoms with Gasteiger partial charge in [-0.05, 0) is 58.0 Å². The fourth-order valence-electron chi connectivity index (χ4n) is 3.69. The highest BCUT2D eigenvalue weighted by molar-refractivity contribution is 5.79. The van der Waals surface area contributed by atoms with E-state index in [1.54, 1.807) is 0 Å². The van der Waals surface area contributed by atoms with Gasteiger partial charge in [0, 0.05) is 6.61 Å². The molecule has 1 N–H and O–H groups in total. The molecular formula is C15H27NO3. The second kappa shape index (κ2) is 6.71. The van der Waals surface area contributed by atoms with E-state index in [0.29, 0.717) is 6.10 Å². The van der Waals surface area contributed by atoms with Crippen molar-refractivity contribution in [3.63, 3.8) is 0 Å². The topological polar surface area (TPSA) is 49.8 Å². The van der Waals surface area contributed by atoms with Gasteiger partial charge in [-0.15, -0.1) is 0 Å². The fraction of sp³-hybridized carbons (Fsp3) is 0.933. The summed E-state index contributed by atoms with van der Waals surface area (Å²) < 4.78 is 5.63. The van der Waals surface area contributed by atoms with Gasteiger partial charge in [-0.25, -0.2) is 0 Å². The summed E-state index contributed by atoms with van der Waals surface area (Å²) in [5, 5.41) is 9.61. The Morgan fingerprint density at radius 3 is 2.95 bits per heavy atom. The Labute approximate surface area is 116 Å². The van der Waals surface area contributed by atoms with Crippen LogP contribution in [0.25, 0.3) is 0 Å². The highest BCUT2D eigenvalue weighted by Crippen LogP contribution is 2.34. The van der Waals surface area contributed by atoms with E-state index in [2.05, 4.69) is 11.8 Å². The van der Waals surface area contributed by atoms with Crippen LogP contribution in [0, 0.1) is 0 Å². The van der Waals surface area contributed by atoms with E-state index in [1.165, 1.54) is 12.8 Å². The van der Waals surface area contributed by atoms with E-state index in [-0.39, 0.29) is 0 Å². The van der Waals surface area contributed by atoms with Crippen LogP contribution in [-0.2, 0) is 9.53 Å². The summed E-state index contributed by atoms with van der Waals surface area (Å²) >= 11 is 0. The third-order valence-corrected chi connectivity index (χ3v) is 4.66. The molecule has 0 bridgehead atoms. The van der Waals surface area contributed by atoms with E-state index in [4.69, 9.17) is 4.74 Å². The Kier molecular flexibility index (Phi) is 5.22. The Hall–Kier alpha value is -0.610. The minimum Gasteiger partial charge on any atom is -0.480 e. The lowest BCUT2D eigenvalue weighted by Crippen LogP contribution is -2.50. The largest absolute Gasteiger partial charge is 0.480 e. The van der Waals surface area contributed by atoms with Gasteiger partial charge in [0.25, 0.3) is 0 Å². The molecule has 2 saturated heterocycles. The van der Waals surface area contributed by atoms with Crippen molar-refractivity contribution in [3.05, 3.63) is 0 Å². The molecule has 0 spiro atoms. The Balaban J connectivity index is 1.84. The minimum absolute atomic E-state index is 0.424. The van der Waals surface area contributed by atoms with Gasteiger partial charge < -0.3 is 9.84 Å². The number of likely N-dealkylation sites (tertiary alicyclic amines) is 1. The van der Waals surface area contributed by atoms with Gasteiger partial charge in [0.1, 0.15) is 5.54 Å². The maximum Gasteiger partial charge on any atom is 0.324 e. The average molecular weight is 269 g/mol. The lowest BCUT2D eigenvalue weighted by atomic mass is 9.90. The van der Waals surface area contributed by atoms with Gasteiger partial charge in [-0.1, -0.05) is 13.3 Å². The van der Waals surface area contributed by atoms with Crippen LogP contribution < -0.4 is 0 Å². The lowest BCUT2D eigenvalue weighted by Gasteiger charge is -2.34. The first-order valence-electron chi connectivity index (χ1n) is 7.79. The number of carboxylic acids is 1. The second-order valence-electron chi connectivity index (χ2n) is 5.95. The first-order valence-corrected chi connectivity index (χ1v) is 7.79. The average Bonchev–Trinajstić information content (AvgIpc) is 3.01. The molecule has 2 aliphatic heterocycles. The monoisotopic (exact) mass is 269 g/mol. The molecule has 19 heavy (non-hydrogen) atoms. The van der Waals surface area contributed by atoms with Gasteiger partial charge in [0.05, 0.1) is 6.10 Å². The molecule has 0 amide bonds. The quantitative estimate of drug-likeness (QED) is 0.772. The summed E-state index contributed by atoms with van der Waals surface area (Å²) in [6.07, 6.45) is 8.48. The fourth-order valence-corrected chi connectivity index (χ4v) is 3.69. The van der Waals surface area contributed by atoms with Crippen molar-refractivity contribution in [2.24, 2.45) is 0 Å². The molecule has 0 aromatic rings. The number of aliphatic carboxylic acids is 1. The van der Waals surface area contributed by atoms with Gasteiger partial charge >= 0.3 is 5.97 Å². The molecule has 0 aliphatic carbocycles. The SMILES string of the molecule is CCCC1(C(=O)O)CCCN1CCCC1CCCO1. The van der Waals surface area contributed by atoms with E-state index >= 15 is 0 Å². The number of hydrogen-bond donors (Lipinski definition) is 1. The van der Waals surface area contributed by atoms with Gasteiger partial charge in [-0.3, -0.25) is 9.69 Å². The van der Waals surface area contributed by atoms with Crippen LogP contribution in [0.5, 0.6) is 0 Å². The normalized spacial score (nSPS) is 31.9. The molecule has 2 heterocycles. The maximum absolute atomic E-state index is 11.7. The Morgan fingerprint density at radius 1 is 1.47 bits per heavy atom. The number of carboxylic acid groups (broad SMARTS) is 1. The van der Waals surface area contributed by atoms with E-state index in [0.717, 1.165) is 58.2 Å². The first-order chi connectivity index (χ1) is 9.19. The van der Waals surface area contributed by atoms with Crippen molar-refractivity contribution in [3.8, 4) is 0 Å². The van der Waals surface area contributed by atoms with Crippen LogP contribution in [-0.4, -0.2) is 47.3 Å². The molecule has 2 rings (SSSR count). The van der Waals surface area contributed by atoms with Crippen molar-refractivity contribution < 1.29 is 14.6 Å². The molecule has 2 fully saturated rings. The summed E-state index contributed by atoms with van der Waals surface area (Å²) in [6.45, 7) is 4.83. The van der Waals surface area contributed by atoms with Crippen molar-refractivity contribution in [2.45, 2.75) is 69.9 Å². The molecule has 2 aliphatic rings. The van der Waals surface area contributed by atoms with Crippen molar-refractivity contribution >= 4 is 5.97 Å². The van der Waals surface area contributed by atoms with Crippen molar-refractivity contribution in [1.82, 2.24) is 4.90 Å². The molecule has 0 aromatic heterocycles. The summed E-state index contributed by atoms with van der Waals surface area (Å²) in [7, 11) is 0. The molecule has 2 unspecified atom stereocenters. The van der Waals surface area contributed by atoms with Crippen LogP contribution >= 0.6 is 0 Å². The first kappa shape index (κ1) is 14.8. The highest BCUT2D eigenvalue weighted by Gasteiger charge is 2.46. The van der Waals surface area contributed by atoms with Crippen LogP contribution in [0.2, 0.25) is 0 Å². The smallest absolute Gasteiger partial charge is 0.324 e. The highest BCUT2D eigenvalue weighted by atomic mass is 16.5. The molecule has 4 nitrogen and oxygen atoms in total.